The highest BCUT2D eigenvalue weighted by Crippen LogP contribution is 2.16. The molecule has 8 nitrogen and oxygen atoms in total. The van der Waals surface area contributed by atoms with Crippen LogP contribution < -0.4 is 22.1 Å². The number of carboxylic acid groups (broad SMARTS) is 1. The van der Waals surface area contributed by atoms with Crippen molar-refractivity contribution < 1.29 is 19.5 Å². The maximum atomic E-state index is 11.8. The number of primary amides is 1. The van der Waals surface area contributed by atoms with Gasteiger partial charge in [0.25, 0.3) is 0 Å². The van der Waals surface area contributed by atoms with Crippen molar-refractivity contribution in [3.8, 4) is 0 Å². The maximum absolute atomic E-state index is 11.8. The molecule has 0 saturated heterocycles. The molecule has 8 heteroatoms. The number of nitrogens with one attached hydrogen (secondary N) is 2. The fourth-order valence-electron chi connectivity index (χ4n) is 2.25. The van der Waals surface area contributed by atoms with Crippen LogP contribution in [-0.2, 0) is 9.59 Å². The first-order valence-corrected chi connectivity index (χ1v) is 6.74. The van der Waals surface area contributed by atoms with Gasteiger partial charge in [-0.2, -0.15) is 0 Å². The Morgan fingerprint density at radius 1 is 1.25 bits per heavy atom. The molecule has 1 rings (SSSR count). The number of nitrogens with two attached hydrogens (primary N) is 2. The van der Waals surface area contributed by atoms with Crippen LogP contribution in [0.15, 0.2) is 0 Å². The molecule has 0 bridgehead atoms. The van der Waals surface area contributed by atoms with Crippen LogP contribution in [0.1, 0.15) is 38.5 Å². The van der Waals surface area contributed by atoms with Crippen LogP contribution in [0.25, 0.3) is 0 Å². The number of hydrogen-bond donors (Lipinski definition) is 5. The average Bonchev–Trinajstić information content (AvgIpc) is 2.36. The quantitative estimate of drug-likeness (QED) is 0.437. The molecule has 0 aromatic heterocycles. The van der Waals surface area contributed by atoms with E-state index in [0.29, 0.717) is 0 Å². The summed E-state index contributed by atoms with van der Waals surface area (Å²) in [6.45, 7) is 0. The Hall–Kier alpha value is -1.83. The first-order valence-electron chi connectivity index (χ1n) is 6.74. The molecule has 7 N–H and O–H groups in total. The molecular formula is C12H22N4O4. The molecule has 2 unspecified atom stereocenters. The summed E-state index contributed by atoms with van der Waals surface area (Å²) in [5.41, 5.74) is 10.9. The molecule has 0 heterocycles. The van der Waals surface area contributed by atoms with Crippen LogP contribution in [-0.4, -0.2) is 41.1 Å². The molecule has 114 valence electrons. The van der Waals surface area contributed by atoms with Gasteiger partial charge < -0.3 is 27.2 Å². The molecule has 3 atom stereocenters. The van der Waals surface area contributed by atoms with E-state index in [1.54, 1.807) is 0 Å². The number of aliphatic carboxylic acids is 1. The van der Waals surface area contributed by atoms with Crippen LogP contribution >= 0.6 is 0 Å². The monoisotopic (exact) mass is 286 g/mol. The van der Waals surface area contributed by atoms with Crippen LogP contribution in [0.3, 0.4) is 0 Å². The highest BCUT2D eigenvalue weighted by molar-refractivity contribution is 5.83. The third-order valence-corrected chi connectivity index (χ3v) is 3.42. The van der Waals surface area contributed by atoms with Crippen molar-refractivity contribution in [2.24, 2.45) is 11.5 Å². The summed E-state index contributed by atoms with van der Waals surface area (Å²) in [6.07, 6.45) is 3.53. The SMILES string of the molecule is NC(=O)CC[C@H](NC(=O)NC1CCCCC1N)C(=O)O. The lowest BCUT2D eigenvalue weighted by Gasteiger charge is -2.29. The van der Waals surface area contributed by atoms with Crippen LogP contribution in [0.5, 0.6) is 0 Å². The molecule has 1 aliphatic carbocycles. The number of rotatable bonds is 6. The summed E-state index contributed by atoms with van der Waals surface area (Å²) in [5, 5.41) is 14.0. The van der Waals surface area contributed by atoms with Crippen molar-refractivity contribution in [1.82, 2.24) is 10.6 Å². The predicted octanol–water partition coefficient (Wildman–Crippen LogP) is -0.726. The molecule has 0 aliphatic heterocycles. The molecule has 1 fully saturated rings. The Labute approximate surface area is 117 Å². The van der Waals surface area contributed by atoms with Crippen molar-refractivity contribution >= 4 is 17.9 Å². The summed E-state index contributed by atoms with van der Waals surface area (Å²) in [5.74, 6) is -1.80. The zero-order valence-corrected chi connectivity index (χ0v) is 11.3. The minimum absolute atomic E-state index is 0.0329. The second-order valence-corrected chi connectivity index (χ2v) is 5.07. The highest BCUT2D eigenvalue weighted by Gasteiger charge is 2.26. The van der Waals surface area contributed by atoms with E-state index in [2.05, 4.69) is 10.6 Å². The smallest absolute Gasteiger partial charge is 0.326 e. The van der Waals surface area contributed by atoms with Gasteiger partial charge in [-0.1, -0.05) is 12.8 Å². The number of carbonyl (C=O) groups is 3. The average molecular weight is 286 g/mol. The van der Waals surface area contributed by atoms with Gasteiger partial charge in [0.15, 0.2) is 0 Å². The minimum atomic E-state index is -1.20. The zero-order valence-electron chi connectivity index (χ0n) is 11.3. The Morgan fingerprint density at radius 2 is 1.90 bits per heavy atom. The fraction of sp³-hybridized carbons (Fsp3) is 0.750. The summed E-state index contributed by atoms with van der Waals surface area (Å²) in [4.78, 5) is 33.4. The van der Waals surface area contributed by atoms with Gasteiger partial charge in [0.1, 0.15) is 6.04 Å². The molecule has 0 radical (unpaired) electrons. The molecule has 0 spiro atoms. The first kappa shape index (κ1) is 16.2. The molecular weight excluding hydrogens is 264 g/mol. The standard InChI is InChI=1S/C12H22N4O4/c13-7-3-1-2-4-8(7)15-12(20)16-9(11(18)19)5-6-10(14)17/h7-9H,1-6,13H2,(H2,14,17)(H,18,19)(H2,15,16,20)/t7?,8?,9-/m0/s1. The van der Waals surface area contributed by atoms with E-state index >= 15 is 0 Å². The van der Waals surface area contributed by atoms with Gasteiger partial charge in [0.05, 0.1) is 0 Å². The Kier molecular flexibility index (Phi) is 6.23. The predicted molar refractivity (Wildman–Crippen MR) is 71.8 cm³/mol. The van der Waals surface area contributed by atoms with E-state index in [-0.39, 0.29) is 24.9 Å². The number of carbonyl (C=O) groups excluding carboxylic acids is 2. The summed E-state index contributed by atoms with van der Waals surface area (Å²) in [7, 11) is 0. The minimum Gasteiger partial charge on any atom is -0.480 e. The van der Waals surface area contributed by atoms with E-state index in [9.17, 15) is 14.4 Å². The van der Waals surface area contributed by atoms with Gasteiger partial charge in [-0.3, -0.25) is 4.79 Å². The largest absolute Gasteiger partial charge is 0.480 e. The van der Waals surface area contributed by atoms with Crippen molar-refractivity contribution in [3.05, 3.63) is 0 Å². The topological polar surface area (TPSA) is 148 Å². The Bertz CT molecular complexity index is 374. The van der Waals surface area contributed by atoms with Crippen molar-refractivity contribution in [2.75, 3.05) is 0 Å². The lowest BCUT2D eigenvalue weighted by molar-refractivity contribution is -0.139. The normalized spacial score (nSPS) is 23.6. The van der Waals surface area contributed by atoms with E-state index in [1.165, 1.54) is 0 Å². The second-order valence-electron chi connectivity index (χ2n) is 5.07. The van der Waals surface area contributed by atoms with Gasteiger partial charge >= 0.3 is 12.0 Å². The highest BCUT2D eigenvalue weighted by atomic mass is 16.4. The molecule has 3 amide bonds. The molecule has 0 aromatic rings. The number of urea groups is 1. The van der Waals surface area contributed by atoms with E-state index in [0.717, 1.165) is 25.7 Å². The zero-order chi connectivity index (χ0) is 15.1. The van der Waals surface area contributed by atoms with E-state index < -0.39 is 23.9 Å². The van der Waals surface area contributed by atoms with Gasteiger partial charge in [0.2, 0.25) is 5.91 Å². The number of hydrogen-bond acceptors (Lipinski definition) is 4. The van der Waals surface area contributed by atoms with E-state index in [4.69, 9.17) is 16.6 Å². The molecule has 1 saturated carbocycles. The maximum Gasteiger partial charge on any atom is 0.326 e. The Morgan fingerprint density at radius 3 is 2.45 bits per heavy atom. The third kappa shape index (κ3) is 5.43. The number of amides is 3. The van der Waals surface area contributed by atoms with Crippen molar-refractivity contribution in [1.29, 1.82) is 0 Å². The van der Waals surface area contributed by atoms with Crippen molar-refractivity contribution in [2.45, 2.75) is 56.7 Å². The summed E-state index contributed by atoms with van der Waals surface area (Å²) in [6, 6.07) is -1.97. The molecule has 20 heavy (non-hydrogen) atoms. The van der Waals surface area contributed by atoms with Gasteiger partial charge in [-0.25, -0.2) is 9.59 Å². The number of carboxylic acids is 1. The lowest BCUT2D eigenvalue weighted by Crippen LogP contribution is -2.54. The Balaban J connectivity index is 2.44. The van der Waals surface area contributed by atoms with Crippen LogP contribution in [0.4, 0.5) is 4.79 Å². The fourth-order valence-corrected chi connectivity index (χ4v) is 2.25. The molecule has 1 aliphatic rings. The third-order valence-electron chi connectivity index (χ3n) is 3.42. The van der Waals surface area contributed by atoms with Gasteiger partial charge in [0, 0.05) is 18.5 Å². The van der Waals surface area contributed by atoms with Crippen LogP contribution in [0.2, 0.25) is 0 Å². The van der Waals surface area contributed by atoms with E-state index in [1.807, 2.05) is 0 Å². The second kappa shape index (κ2) is 7.68. The lowest BCUT2D eigenvalue weighted by atomic mass is 9.91. The van der Waals surface area contributed by atoms with Crippen molar-refractivity contribution in [3.63, 3.8) is 0 Å². The van der Waals surface area contributed by atoms with Crippen LogP contribution in [0, 0.1) is 0 Å². The van der Waals surface area contributed by atoms with Gasteiger partial charge in [-0.15, -0.1) is 0 Å². The summed E-state index contributed by atoms with van der Waals surface area (Å²) >= 11 is 0. The van der Waals surface area contributed by atoms with Gasteiger partial charge in [-0.05, 0) is 19.3 Å². The first-order chi connectivity index (χ1) is 9.40. The summed E-state index contributed by atoms with van der Waals surface area (Å²) < 4.78 is 0. The molecule has 0 aromatic carbocycles.